The lowest BCUT2D eigenvalue weighted by atomic mass is 10.1. The molecule has 0 spiro atoms. The highest BCUT2D eigenvalue weighted by atomic mass is 35.5. The Morgan fingerprint density at radius 3 is 2.66 bits per heavy atom. The average molecular weight is 504 g/mol. The van der Waals surface area contributed by atoms with Crippen molar-refractivity contribution in [1.29, 1.82) is 0 Å². The number of thiocarbonyl (C=S) groups is 1. The second-order valence-corrected chi connectivity index (χ2v) is 9.02. The molecule has 1 aliphatic rings. The van der Waals surface area contributed by atoms with Crippen LogP contribution in [0.2, 0.25) is 5.02 Å². The summed E-state index contributed by atoms with van der Waals surface area (Å²) in [5, 5.41) is 8.76. The number of hydrogen-bond acceptors (Lipinski definition) is 5. The minimum absolute atomic E-state index is 0.0784. The zero-order valence-corrected chi connectivity index (χ0v) is 18.8. The number of nitrogens with zero attached hydrogens (tertiary/aromatic N) is 1. The molecule has 3 rings (SSSR count). The van der Waals surface area contributed by atoms with Gasteiger partial charge in [-0.15, -0.1) is 0 Å². The van der Waals surface area contributed by atoms with Crippen LogP contribution in [0.25, 0.3) is 17.4 Å². The molecule has 2 heterocycles. The van der Waals surface area contributed by atoms with Crippen molar-refractivity contribution in [3.8, 4) is 11.3 Å². The first-order valence-corrected chi connectivity index (χ1v) is 11.1. The summed E-state index contributed by atoms with van der Waals surface area (Å²) in [4.78, 5) is 25.0. The van der Waals surface area contributed by atoms with E-state index >= 15 is 0 Å². The molecule has 0 radical (unpaired) electrons. The first-order valence-electron chi connectivity index (χ1n) is 9.50. The molecule has 1 saturated heterocycles. The molecule has 11 heteroatoms. The Morgan fingerprint density at radius 1 is 1.22 bits per heavy atom. The number of rotatable bonds is 8. The molecule has 0 aliphatic carbocycles. The van der Waals surface area contributed by atoms with Crippen LogP contribution in [0.5, 0.6) is 0 Å². The van der Waals surface area contributed by atoms with Crippen LogP contribution in [-0.4, -0.2) is 32.7 Å². The van der Waals surface area contributed by atoms with Gasteiger partial charge in [-0.05, 0) is 43.2 Å². The summed E-state index contributed by atoms with van der Waals surface area (Å²) in [5.41, 5.74) is -0.755. The van der Waals surface area contributed by atoms with Crippen LogP contribution >= 0.6 is 35.6 Å². The summed E-state index contributed by atoms with van der Waals surface area (Å²) >= 11 is 12.4. The number of hydrogen-bond donors (Lipinski definition) is 1. The van der Waals surface area contributed by atoms with Gasteiger partial charge in [-0.1, -0.05) is 42.0 Å². The predicted octanol–water partition coefficient (Wildman–Crippen LogP) is 6.47. The largest absolute Gasteiger partial charge is 0.481 e. The van der Waals surface area contributed by atoms with Gasteiger partial charge in [0, 0.05) is 24.6 Å². The Balaban J connectivity index is 1.71. The molecule has 2 aromatic rings. The fourth-order valence-electron chi connectivity index (χ4n) is 3.01. The van der Waals surface area contributed by atoms with Crippen molar-refractivity contribution < 1.29 is 32.3 Å². The fourth-order valence-corrected chi connectivity index (χ4v) is 4.51. The number of alkyl halides is 3. The lowest BCUT2D eigenvalue weighted by Crippen LogP contribution is -2.29. The normalized spacial score (nSPS) is 15.8. The summed E-state index contributed by atoms with van der Waals surface area (Å²) in [6, 6.07) is 5.97. The van der Waals surface area contributed by atoms with Crippen molar-refractivity contribution in [1.82, 2.24) is 4.90 Å². The Bertz CT molecular complexity index is 1080. The molecule has 0 bridgehead atoms. The van der Waals surface area contributed by atoms with Crippen LogP contribution in [0.15, 0.2) is 39.7 Å². The molecule has 1 aliphatic heterocycles. The lowest BCUT2D eigenvalue weighted by molar-refractivity contribution is -0.138. The van der Waals surface area contributed by atoms with Crippen molar-refractivity contribution in [3.05, 3.63) is 51.6 Å². The van der Waals surface area contributed by atoms with Crippen molar-refractivity contribution in [2.24, 2.45) is 0 Å². The topological polar surface area (TPSA) is 70.8 Å². The SMILES string of the molecule is O=C(O)CCCCCN1C(=O)C(=Cc2ccc(-c3cc(C(F)(F)F)ccc3Cl)o2)SC1=S. The van der Waals surface area contributed by atoms with Gasteiger partial charge in [-0.25, -0.2) is 0 Å². The smallest absolute Gasteiger partial charge is 0.416 e. The fraction of sp³-hybridized carbons (Fsp3) is 0.286. The highest BCUT2D eigenvalue weighted by Gasteiger charge is 2.33. The third-order valence-corrected chi connectivity index (χ3v) is 6.31. The molecular weight excluding hydrogens is 487 g/mol. The van der Waals surface area contributed by atoms with Crippen LogP contribution in [0, 0.1) is 0 Å². The predicted molar refractivity (Wildman–Crippen MR) is 120 cm³/mol. The number of carbonyl (C=O) groups is 2. The number of carboxylic acids is 1. The first kappa shape index (κ1) is 24.3. The summed E-state index contributed by atoms with van der Waals surface area (Å²) in [5.74, 6) is -0.743. The molecule has 0 unspecified atom stereocenters. The lowest BCUT2D eigenvalue weighted by Gasteiger charge is -2.13. The highest BCUT2D eigenvalue weighted by Crippen LogP contribution is 2.38. The van der Waals surface area contributed by atoms with E-state index in [-0.39, 0.29) is 34.4 Å². The van der Waals surface area contributed by atoms with E-state index in [4.69, 9.17) is 33.3 Å². The standard InChI is InChI=1S/C21H17ClF3NO4S2/c22-15-7-5-12(21(23,24)25)10-14(15)16-8-6-13(30-16)11-17-19(29)26(20(31)32-17)9-3-1-2-4-18(27)28/h5-8,10-11H,1-4,9H2,(H,27,28). The van der Waals surface area contributed by atoms with Gasteiger partial charge < -0.3 is 9.52 Å². The summed E-state index contributed by atoms with van der Waals surface area (Å²) < 4.78 is 45.0. The minimum Gasteiger partial charge on any atom is -0.481 e. The van der Waals surface area contributed by atoms with E-state index in [1.165, 1.54) is 23.1 Å². The monoisotopic (exact) mass is 503 g/mol. The van der Waals surface area contributed by atoms with Gasteiger partial charge in [0.2, 0.25) is 0 Å². The molecule has 1 amide bonds. The Morgan fingerprint density at radius 2 is 1.97 bits per heavy atom. The Labute approximate surface area is 196 Å². The van der Waals surface area contributed by atoms with Crippen LogP contribution in [0.4, 0.5) is 13.2 Å². The van der Waals surface area contributed by atoms with Crippen LogP contribution in [0.3, 0.4) is 0 Å². The van der Waals surface area contributed by atoms with Crippen molar-refractivity contribution in [3.63, 3.8) is 0 Å². The minimum atomic E-state index is -4.52. The van der Waals surface area contributed by atoms with Crippen LogP contribution < -0.4 is 0 Å². The summed E-state index contributed by atoms with van der Waals surface area (Å²) in [6.07, 6.45) is -1.17. The Hall–Kier alpha value is -2.30. The zero-order valence-electron chi connectivity index (χ0n) is 16.4. The van der Waals surface area contributed by atoms with E-state index in [0.717, 1.165) is 30.0 Å². The van der Waals surface area contributed by atoms with E-state index in [2.05, 4.69) is 0 Å². The quantitative estimate of drug-likeness (QED) is 0.253. The van der Waals surface area contributed by atoms with Crippen molar-refractivity contribution in [2.75, 3.05) is 6.54 Å². The van der Waals surface area contributed by atoms with Gasteiger partial charge in [0.15, 0.2) is 0 Å². The number of carboxylic acid groups (broad SMARTS) is 1. The molecule has 1 aromatic carbocycles. The first-order chi connectivity index (χ1) is 15.1. The number of aliphatic carboxylic acids is 1. The second-order valence-electron chi connectivity index (χ2n) is 6.93. The molecule has 0 atom stereocenters. The third-order valence-electron chi connectivity index (χ3n) is 4.61. The molecule has 5 nitrogen and oxygen atoms in total. The highest BCUT2D eigenvalue weighted by molar-refractivity contribution is 8.26. The molecule has 32 heavy (non-hydrogen) atoms. The number of unbranched alkanes of at least 4 members (excludes halogenated alkanes) is 2. The van der Waals surface area contributed by atoms with E-state index in [1.54, 1.807) is 0 Å². The zero-order chi connectivity index (χ0) is 23.5. The number of benzene rings is 1. The van der Waals surface area contributed by atoms with Crippen molar-refractivity contribution >= 4 is 57.9 Å². The number of halogens is 4. The van der Waals surface area contributed by atoms with Gasteiger partial charge in [0.05, 0.1) is 15.5 Å². The van der Waals surface area contributed by atoms with Crippen LogP contribution in [-0.2, 0) is 15.8 Å². The molecule has 1 aromatic heterocycles. The number of thioether (sulfide) groups is 1. The average Bonchev–Trinajstić information content (AvgIpc) is 3.26. The molecule has 1 N–H and O–H groups in total. The van der Waals surface area contributed by atoms with Gasteiger partial charge in [0.25, 0.3) is 5.91 Å². The maximum absolute atomic E-state index is 13.0. The van der Waals surface area contributed by atoms with Gasteiger partial charge in [0.1, 0.15) is 15.8 Å². The molecule has 170 valence electrons. The van der Waals surface area contributed by atoms with Gasteiger partial charge in [-0.2, -0.15) is 13.2 Å². The van der Waals surface area contributed by atoms with E-state index < -0.39 is 17.7 Å². The second kappa shape index (κ2) is 10.1. The third kappa shape index (κ3) is 5.93. The summed E-state index contributed by atoms with van der Waals surface area (Å²) in [6.45, 7) is 0.380. The summed E-state index contributed by atoms with van der Waals surface area (Å²) in [7, 11) is 0. The molecule has 0 saturated carbocycles. The maximum Gasteiger partial charge on any atom is 0.416 e. The van der Waals surface area contributed by atoms with E-state index in [1.807, 2.05) is 0 Å². The molecule has 1 fully saturated rings. The van der Waals surface area contributed by atoms with Crippen LogP contribution in [0.1, 0.15) is 37.0 Å². The number of furan rings is 1. The molecular formula is C21H17ClF3NO4S2. The van der Waals surface area contributed by atoms with Crippen molar-refractivity contribution in [2.45, 2.75) is 31.9 Å². The number of carbonyl (C=O) groups excluding carboxylic acids is 1. The van der Waals surface area contributed by atoms with Gasteiger partial charge in [-0.3, -0.25) is 14.5 Å². The van der Waals surface area contributed by atoms with Gasteiger partial charge >= 0.3 is 12.1 Å². The van der Waals surface area contributed by atoms with E-state index in [9.17, 15) is 22.8 Å². The Kier molecular flexibility index (Phi) is 7.68. The number of amides is 1. The van der Waals surface area contributed by atoms with E-state index in [0.29, 0.717) is 35.0 Å². The maximum atomic E-state index is 13.0.